The Bertz CT molecular complexity index is 2610. The van der Waals surface area contributed by atoms with Crippen LogP contribution in [-0.4, -0.2) is 127 Å². The number of carbonyl (C=O) groups is 3. The summed E-state index contributed by atoms with van der Waals surface area (Å²) in [6.45, 7) is 7.90. The van der Waals surface area contributed by atoms with Crippen molar-refractivity contribution in [3.05, 3.63) is 95.3 Å². The number of hydrogen-bond donors (Lipinski definition) is 3. The molecule has 6 aliphatic rings. The van der Waals surface area contributed by atoms with E-state index in [0.29, 0.717) is 82.4 Å². The minimum Gasteiger partial charge on any atom is -0.496 e. The van der Waals surface area contributed by atoms with Crippen LogP contribution in [0, 0.1) is 11.3 Å². The van der Waals surface area contributed by atoms with Crippen molar-refractivity contribution in [2.75, 3.05) is 59.5 Å². The number of nitrogens with zero attached hydrogens (tertiary/aromatic N) is 3. The first-order valence-electron chi connectivity index (χ1n) is 23.3. The van der Waals surface area contributed by atoms with Crippen LogP contribution >= 0.6 is 0 Å². The molecule has 5 aliphatic heterocycles. The molecule has 1 unspecified atom stereocenters. The lowest BCUT2D eigenvalue weighted by Gasteiger charge is -2.64. The number of methoxy groups -OCH3 is 3. The molecule has 0 radical (unpaired) electrons. The van der Waals surface area contributed by atoms with Crippen molar-refractivity contribution in [2.45, 2.75) is 106 Å². The number of ether oxygens (including phenoxy) is 4. The number of piperidine rings is 1. The summed E-state index contributed by atoms with van der Waals surface area (Å²) in [5.41, 5.74) is 0.417. The summed E-state index contributed by atoms with van der Waals surface area (Å²) in [4.78, 5) is 53.7. The lowest BCUT2D eigenvalue weighted by atomic mass is 9.47. The number of esters is 3. The number of hydrogen-bond acceptors (Lipinski definition) is 12. The van der Waals surface area contributed by atoms with Crippen molar-refractivity contribution in [1.82, 2.24) is 14.8 Å². The maximum Gasteiger partial charge on any atom is 0.344 e. The largest absolute Gasteiger partial charge is 0.496 e. The normalized spacial score (nSPS) is 34.3. The summed E-state index contributed by atoms with van der Waals surface area (Å²) >= 11 is 0. The number of allylic oxidation sites excluding steroid dienone is 1. The average molecular weight is 887 g/mol. The highest BCUT2D eigenvalue weighted by molar-refractivity contribution is 5.96. The third kappa shape index (κ3) is 5.89. The number of H-pyrrole nitrogens is 1. The number of aromatic nitrogens is 1. The van der Waals surface area contributed by atoms with Gasteiger partial charge in [-0.1, -0.05) is 56.3 Å². The summed E-state index contributed by atoms with van der Waals surface area (Å²) in [7, 11) is 6.18. The van der Waals surface area contributed by atoms with E-state index in [1.807, 2.05) is 50.1 Å². The summed E-state index contributed by atoms with van der Waals surface area (Å²) in [5, 5.41) is 26.6. The van der Waals surface area contributed by atoms with E-state index < -0.39 is 57.5 Å². The maximum absolute atomic E-state index is 15.6. The molecular formula is C52H62N4O9. The van der Waals surface area contributed by atoms with Crippen molar-refractivity contribution in [1.29, 1.82) is 0 Å². The Kier molecular flexibility index (Phi) is 10.3. The lowest BCUT2D eigenvalue weighted by Crippen LogP contribution is -2.81. The predicted octanol–water partition coefficient (Wildman–Crippen LogP) is 6.01. The molecule has 10 atom stereocenters. The van der Waals surface area contributed by atoms with Crippen LogP contribution in [0.25, 0.3) is 22.0 Å². The zero-order chi connectivity index (χ0) is 45.8. The lowest BCUT2D eigenvalue weighted by molar-refractivity contribution is -0.235. The molecule has 1 aromatic heterocycles. The number of likely N-dealkylation sites (N-methyl/N-ethyl adjacent to an activating group) is 1. The second-order valence-electron chi connectivity index (χ2n) is 19.8. The van der Waals surface area contributed by atoms with E-state index in [2.05, 4.69) is 63.5 Å². The Morgan fingerprint density at radius 1 is 0.877 bits per heavy atom. The Labute approximate surface area is 380 Å². The topological polar surface area (TPSA) is 154 Å². The number of fused-ring (bicyclic) bond motifs is 6. The van der Waals surface area contributed by atoms with Gasteiger partial charge >= 0.3 is 17.9 Å². The van der Waals surface area contributed by atoms with E-state index in [1.54, 1.807) is 7.11 Å². The van der Waals surface area contributed by atoms with Gasteiger partial charge in [0.25, 0.3) is 0 Å². The Balaban J connectivity index is 1.28. The first-order valence-corrected chi connectivity index (χ1v) is 23.3. The van der Waals surface area contributed by atoms with Gasteiger partial charge in [0.15, 0.2) is 6.10 Å². The van der Waals surface area contributed by atoms with E-state index in [1.165, 1.54) is 21.1 Å². The molecule has 4 aromatic rings. The van der Waals surface area contributed by atoms with Gasteiger partial charge < -0.3 is 43.9 Å². The molecular weight excluding hydrogens is 825 g/mol. The third-order valence-corrected chi connectivity index (χ3v) is 16.9. The number of nitrogens with one attached hydrogen (secondary N) is 1. The summed E-state index contributed by atoms with van der Waals surface area (Å²) in [6.07, 6.45) is 6.40. The SMILES string of the molecule is CC[C@]1(O)C[C@H]2CN(CCc3c([nH]c4ccc(-c5ccccc5)cc34)[C@@](C(=O)OC)(c3cc4c(cc3OC)N(C)[C@H]3[C@@](O)(C(=O)OC)[C@H](OC(C)=O)[C@]5(CC)CC=CN6CC[C@]43[C@@H]65)C2)C1. The van der Waals surface area contributed by atoms with Crippen molar-refractivity contribution in [3.8, 4) is 16.9 Å². The van der Waals surface area contributed by atoms with Crippen molar-refractivity contribution < 1.29 is 43.5 Å². The van der Waals surface area contributed by atoms with Crippen LogP contribution < -0.4 is 9.64 Å². The van der Waals surface area contributed by atoms with Gasteiger partial charge in [-0.15, -0.1) is 0 Å². The standard InChI is InChI=1S/C52H62N4O9/c1-8-48(60)27-32-28-51(46(58)63-6,42-35(18-22-55(29-32)30-48)36-24-34(16-17-39(36)53-42)33-14-11-10-12-15-33)38-25-37-40(26-41(38)62-5)54(4)44-50(37)20-23-56-21-13-19-49(9-2,43(50)56)45(65-31(3)57)52(44,61)47(59)64-7/h10-17,21,24-26,32,43-45,53,60-61H,8-9,18-20,22-23,27-30H2,1-7H3/t32-,43+,44-,45-,48+,49-,50-,51+,52+/m1/s1. The smallest absolute Gasteiger partial charge is 0.344 e. The van der Waals surface area contributed by atoms with Gasteiger partial charge in [0.1, 0.15) is 11.2 Å². The van der Waals surface area contributed by atoms with Gasteiger partial charge in [-0.2, -0.15) is 0 Å². The first-order chi connectivity index (χ1) is 31.2. The van der Waals surface area contributed by atoms with Crippen LogP contribution in [0.2, 0.25) is 0 Å². The van der Waals surface area contributed by atoms with Crippen LogP contribution in [0.5, 0.6) is 5.75 Å². The molecule has 3 aromatic carbocycles. The number of anilines is 1. The van der Waals surface area contributed by atoms with E-state index in [4.69, 9.17) is 18.9 Å². The second kappa shape index (κ2) is 15.4. The molecule has 1 aliphatic carbocycles. The fourth-order valence-corrected chi connectivity index (χ4v) is 14.4. The van der Waals surface area contributed by atoms with Crippen molar-refractivity contribution in [3.63, 3.8) is 0 Å². The molecule has 1 spiro atoms. The molecule has 2 bridgehead atoms. The fourth-order valence-electron chi connectivity index (χ4n) is 14.4. The van der Waals surface area contributed by atoms with Gasteiger partial charge in [0.05, 0.1) is 33.0 Å². The van der Waals surface area contributed by atoms with E-state index in [-0.39, 0.29) is 12.0 Å². The molecule has 6 heterocycles. The van der Waals surface area contributed by atoms with Crippen LogP contribution in [0.15, 0.2) is 72.9 Å². The molecule has 10 rings (SSSR count). The third-order valence-electron chi connectivity index (χ3n) is 16.9. The van der Waals surface area contributed by atoms with E-state index in [0.717, 1.165) is 44.5 Å². The molecule has 2 saturated heterocycles. The molecule has 65 heavy (non-hydrogen) atoms. The number of benzene rings is 3. The van der Waals surface area contributed by atoms with Crippen molar-refractivity contribution in [2.24, 2.45) is 11.3 Å². The zero-order valence-electron chi connectivity index (χ0n) is 38.6. The Morgan fingerprint density at radius 2 is 1.65 bits per heavy atom. The van der Waals surface area contributed by atoms with Crippen LogP contribution in [0.4, 0.5) is 5.69 Å². The molecule has 13 nitrogen and oxygen atoms in total. The highest BCUT2D eigenvalue weighted by Gasteiger charge is 2.80. The minimum atomic E-state index is -2.30. The van der Waals surface area contributed by atoms with Gasteiger partial charge in [-0.25, -0.2) is 4.79 Å². The minimum absolute atomic E-state index is 0.127. The molecule has 3 fully saturated rings. The highest BCUT2D eigenvalue weighted by atomic mass is 16.6. The van der Waals surface area contributed by atoms with Gasteiger partial charge in [0, 0.05) is 90.9 Å². The molecule has 13 heteroatoms. The molecule has 3 N–H and O–H groups in total. The predicted molar refractivity (Wildman–Crippen MR) is 246 cm³/mol. The number of rotatable bonds is 8. The Morgan fingerprint density at radius 3 is 2.34 bits per heavy atom. The zero-order valence-corrected chi connectivity index (χ0v) is 38.6. The monoisotopic (exact) mass is 886 g/mol. The van der Waals surface area contributed by atoms with Crippen LogP contribution in [0.1, 0.15) is 81.7 Å². The fraction of sp³-hybridized carbons (Fsp3) is 0.519. The van der Waals surface area contributed by atoms with Gasteiger partial charge in [-0.3, -0.25) is 14.5 Å². The van der Waals surface area contributed by atoms with Gasteiger partial charge in [0.2, 0.25) is 5.60 Å². The van der Waals surface area contributed by atoms with Crippen molar-refractivity contribution >= 4 is 34.5 Å². The number of aromatic amines is 1. The molecule has 0 amide bonds. The quantitative estimate of drug-likeness (QED) is 0.140. The maximum atomic E-state index is 15.6. The second-order valence-corrected chi connectivity index (χ2v) is 19.8. The summed E-state index contributed by atoms with van der Waals surface area (Å²) < 4.78 is 24.2. The molecule has 1 saturated carbocycles. The van der Waals surface area contributed by atoms with Crippen LogP contribution in [0.3, 0.4) is 0 Å². The highest BCUT2D eigenvalue weighted by Crippen LogP contribution is 2.69. The molecule has 344 valence electrons. The van der Waals surface area contributed by atoms with E-state index >= 15 is 4.79 Å². The summed E-state index contributed by atoms with van der Waals surface area (Å²) in [6, 6.07) is 19.5. The Hall–Kier alpha value is -5.37. The number of carbonyl (C=O) groups excluding carboxylic acids is 3. The first kappa shape index (κ1) is 43.5. The summed E-state index contributed by atoms with van der Waals surface area (Å²) in [5.74, 6) is -1.60. The average Bonchev–Trinajstić information content (AvgIpc) is 3.97. The van der Waals surface area contributed by atoms with E-state index in [9.17, 15) is 19.8 Å². The van der Waals surface area contributed by atoms with Crippen LogP contribution in [-0.2, 0) is 45.8 Å². The van der Waals surface area contributed by atoms with Gasteiger partial charge in [-0.05, 0) is 97.5 Å². The number of aliphatic hydroxyl groups is 2.